The first-order chi connectivity index (χ1) is 17.5. The largest absolute Gasteiger partial charge is 0.497 e. The first-order valence-electron chi connectivity index (χ1n) is 11.3. The molecule has 4 rings (SSSR count). The number of carbonyl (C=O) groups is 2. The van der Waals surface area contributed by atoms with Crippen molar-refractivity contribution in [1.82, 2.24) is 20.3 Å². The first-order valence-corrected chi connectivity index (χ1v) is 11.3. The number of para-hydroxylation sites is 1. The molecule has 186 valence electrons. The summed E-state index contributed by atoms with van der Waals surface area (Å²) in [5.41, 5.74) is 1.69. The highest BCUT2D eigenvalue weighted by Gasteiger charge is 2.35. The number of hydrogen-bond donors (Lipinski definition) is 1. The van der Waals surface area contributed by atoms with Gasteiger partial charge < -0.3 is 14.8 Å². The molecule has 36 heavy (non-hydrogen) atoms. The topological polar surface area (TPSA) is 98.6 Å². The summed E-state index contributed by atoms with van der Waals surface area (Å²) >= 11 is 0. The predicted octanol–water partition coefficient (Wildman–Crippen LogP) is 3.12. The highest BCUT2D eigenvalue weighted by atomic mass is 19.1. The van der Waals surface area contributed by atoms with Crippen LogP contribution in [0.3, 0.4) is 0 Å². The van der Waals surface area contributed by atoms with Gasteiger partial charge in [0.25, 0.3) is 0 Å². The van der Waals surface area contributed by atoms with E-state index in [0.29, 0.717) is 22.5 Å². The fraction of sp³-hybridized carbons (Fsp3) is 0.231. The van der Waals surface area contributed by atoms with Crippen LogP contribution >= 0.6 is 0 Å². The van der Waals surface area contributed by atoms with Gasteiger partial charge in [-0.3, -0.25) is 14.5 Å². The van der Waals surface area contributed by atoms with Gasteiger partial charge in [0.1, 0.15) is 29.7 Å². The molecule has 2 amide bonds. The number of aromatic nitrogens is 3. The lowest BCUT2D eigenvalue weighted by Gasteiger charge is -2.32. The molecule has 0 saturated heterocycles. The lowest BCUT2D eigenvalue weighted by Crippen LogP contribution is -2.46. The van der Waals surface area contributed by atoms with Crippen molar-refractivity contribution in [2.45, 2.75) is 12.6 Å². The molecule has 10 heteroatoms. The van der Waals surface area contributed by atoms with Gasteiger partial charge in [-0.15, -0.1) is 5.10 Å². The van der Waals surface area contributed by atoms with Crippen molar-refractivity contribution in [3.63, 3.8) is 0 Å². The molecule has 0 radical (unpaired) electrons. The van der Waals surface area contributed by atoms with E-state index in [1.54, 1.807) is 42.5 Å². The van der Waals surface area contributed by atoms with Crippen LogP contribution in [-0.2, 0) is 20.9 Å². The maximum Gasteiger partial charge on any atom is 0.249 e. The highest BCUT2D eigenvalue weighted by Crippen LogP contribution is 2.32. The summed E-state index contributed by atoms with van der Waals surface area (Å²) < 4.78 is 26.9. The molecule has 9 nitrogen and oxygen atoms in total. The zero-order valence-corrected chi connectivity index (χ0v) is 19.9. The molecule has 0 spiro atoms. The second kappa shape index (κ2) is 11.4. The Morgan fingerprint density at radius 2 is 1.83 bits per heavy atom. The summed E-state index contributed by atoms with van der Waals surface area (Å²) in [6.07, 6.45) is 0. The van der Waals surface area contributed by atoms with Gasteiger partial charge in [0, 0.05) is 31.0 Å². The van der Waals surface area contributed by atoms with E-state index in [0.717, 1.165) is 0 Å². The quantitative estimate of drug-likeness (QED) is 0.342. The van der Waals surface area contributed by atoms with Crippen molar-refractivity contribution < 1.29 is 23.5 Å². The average Bonchev–Trinajstić information content (AvgIpc) is 3.30. The van der Waals surface area contributed by atoms with Gasteiger partial charge in [-0.05, 0) is 30.3 Å². The number of ether oxygens (including phenoxy) is 2. The molecule has 1 heterocycles. The molecule has 0 aliphatic rings. The average molecular weight is 492 g/mol. The van der Waals surface area contributed by atoms with E-state index in [1.807, 2.05) is 12.1 Å². The smallest absolute Gasteiger partial charge is 0.249 e. The van der Waals surface area contributed by atoms with Crippen molar-refractivity contribution in [3.8, 4) is 5.75 Å². The Labute approximate surface area is 207 Å². The van der Waals surface area contributed by atoms with Gasteiger partial charge in [-0.2, -0.15) is 0 Å². The standard InChI is InChI=1S/C26H26FN5O4/c1-35-15-14-28-26(34)25(20-10-3-4-11-21(20)27)32(18-8-7-9-19(16-18)36-2)24(33)17-31-23-13-6-5-12-22(23)29-30-31/h3-13,16,25H,14-15,17H2,1-2H3,(H,28,34)/t25-/m0/s1. The van der Waals surface area contributed by atoms with Crippen molar-refractivity contribution in [1.29, 1.82) is 0 Å². The number of rotatable bonds is 10. The molecular formula is C26H26FN5O4. The van der Waals surface area contributed by atoms with Crippen LogP contribution in [0.4, 0.5) is 10.1 Å². The fourth-order valence-corrected chi connectivity index (χ4v) is 3.90. The monoisotopic (exact) mass is 491 g/mol. The van der Waals surface area contributed by atoms with Crippen LogP contribution in [0, 0.1) is 5.82 Å². The van der Waals surface area contributed by atoms with E-state index in [2.05, 4.69) is 15.6 Å². The number of benzene rings is 3. The van der Waals surface area contributed by atoms with Gasteiger partial charge in [-0.1, -0.05) is 41.6 Å². The van der Waals surface area contributed by atoms with E-state index in [-0.39, 0.29) is 25.3 Å². The Morgan fingerprint density at radius 1 is 1.06 bits per heavy atom. The summed E-state index contributed by atoms with van der Waals surface area (Å²) in [4.78, 5) is 28.6. The molecule has 0 aliphatic heterocycles. The van der Waals surface area contributed by atoms with Gasteiger partial charge in [0.05, 0.1) is 19.2 Å². The highest BCUT2D eigenvalue weighted by molar-refractivity contribution is 6.01. The molecule has 0 saturated carbocycles. The third-order valence-electron chi connectivity index (χ3n) is 5.62. The Hall–Kier alpha value is -4.31. The van der Waals surface area contributed by atoms with E-state index >= 15 is 4.39 Å². The molecule has 1 aromatic heterocycles. The lowest BCUT2D eigenvalue weighted by atomic mass is 10.0. The Morgan fingerprint density at radius 3 is 2.61 bits per heavy atom. The number of halogens is 1. The molecule has 3 aromatic carbocycles. The summed E-state index contributed by atoms with van der Waals surface area (Å²) in [5.74, 6) is -1.19. The van der Waals surface area contributed by atoms with Crippen LogP contribution in [0.25, 0.3) is 11.0 Å². The molecular weight excluding hydrogens is 465 g/mol. The summed E-state index contributed by atoms with van der Waals surface area (Å²) in [5, 5.41) is 10.9. The van der Waals surface area contributed by atoms with Crippen LogP contribution in [0.15, 0.2) is 72.8 Å². The van der Waals surface area contributed by atoms with Crippen molar-refractivity contribution in [3.05, 3.63) is 84.2 Å². The minimum absolute atomic E-state index is 0.0482. The van der Waals surface area contributed by atoms with Crippen LogP contribution in [0.2, 0.25) is 0 Å². The molecule has 4 aromatic rings. The Kier molecular flexibility index (Phi) is 7.86. The molecule has 1 N–H and O–H groups in total. The number of fused-ring (bicyclic) bond motifs is 1. The van der Waals surface area contributed by atoms with Crippen LogP contribution < -0.4 is 15.0 Å². The minimum Gasteiger partial charge on any atom is -0.497 e. The first kappa shape index (κ1) is 24.8. The zero-order valence-electron chi connectivity index (χ0n) is 19.9. The SMILES string of the molecule is COCCNC(=O)[C@H](c1ccccc1F)N(C(=O)Cn1nnc2ccccc21)c1cccc(OC)c1. The zero-order chi connectivity index (χ0) is 25.5. The van der Waals surface area contributed by atoms with Gasteiger partial charge in [0.15, 0.2) is 0 Å². The summed E-state index contributed by atoms with van der Waals surface area (Å²) in [7, 11) is 3.01. The molecule has 1 atom stereocenters. The molecule has 0 aliphatic carbocycles. The van der Waals surface area contributed by atoms with E-state index < -0.39 is 23.7 Å². The second-order valence-corrected chi connectivity index (χ2v) is 7.91. The predicted molar refractivity (Wildman–Crippen MR) is 132 cm³/mol. The summed E-state index contributed by atoms with van der Waals surface area (Å²) in [6, 6.07) is 18.5. The van der Waals surface area contributed by atoms with Gasteiger partial charge >= 0.3 is 0 Å². The van der Waals surface area contributed by atoms with Gasteiger partial charge in [0.2, 0.25) is 11.8 Å². The number of nitrogens with one attached hydrogen (secondary N) is 1. The second-order valence-electron chi connectivity index (χ2n) is 7.91. The maximum absolute atomic E-state index is 15.1. The maximum atomic E-state index is 15.1. The number of methoxy groups -OCH3 is 2. The number of amides is 2. The van der Waals surface area contributed by atoms with Crippen molar-refractivity contribution in [2.24, 2.45) is 0 Å². The van der Waals surface area contributed by atoms with Crippen LogP contribution in [0.1, 0.15) is 11.6 Å². The molecule has 0 fully saturated rings. The molecule has 0 unspecified atom stereocenters. The Bertz CT molecular complexity index is 1360. The van der Waals surface area contributed by atoms with Crippen molar-refractivity contribution in [2.75, 3.05) is 32.3 Å². The normalized spacial score (nSPS) is 11.8. The molecule has 0 bridgehead atoms. The van der Waals surface area contributed by atoms with E-state index in [9.17, 15) is 9.59 Å². The van der Waals surface area contributed by atoms with Crippen LogP contribution in [0.5, 0.6) is 5.75 Å². The third-order valence-corrected chi connectivity index (χ3v) is 5.62. The number of anilines is 1. The van der Waals surface area contributed by atoms with Gasteiger partial charge in [-0.25, -0.2) is 9.07 Å². The Balaban J connectivity index is 1.81. The van der Waals surface area contributed by atoms with Crippen molar-refractivity contribution >= 4 is 28.5 Å². The lowest BCUT2D eigenvalue weighted by molar-refractivity contribution is -0.127. The van der Waals surface area contributed by atoms with E-state index in [1.165, 1.54) is 42.0 Å². The van der Waals surface area contributed by atoms with E-state index in [4.69, 9.17) is 9.47 Å². The number of hydrogen-bond acceptors (Lipinski definition) is 6. The fourth-order valence-electron chi connectivity index (χ4n) is 3.90. The number of carbonyl (C=O) groups excluding carboxylic acids is 2. The number of nitrogens with zero attached hydrogens (tertiary/aromatic N) is 4. The third kappa shape index (κ3) is 5.33. The van der Waals surface area contributed by atoms with Crippen LogP contribution in [-0.4, -0.2) is 54.2 Å². The minimum atomic E-state index is -1.31. The summed E-state index contributed by atoms with van der Waals surface area (Å²) in [6.45, 7) is 0.218.